The molecule has 1 aliphatic rings. The summed E-state index contributed by atoms with van der Waals surface area (Å²) in [5.74, 6) is 0.796. The van der Waals surface area contributed by atoms with Crippen LogP contribution < -0.4 is 0 Å². The lowest BCUT2D eigenvalue weighted by atomic mass is 10.1. The van der Waals surface area contributed by atoms with E-state index in [1.54, 1.807) is 7.11 Å². The highest BCUT2D eigenvalue weighted by Crippen LogP contribution is 2.24. The molecule has 1 aliphatic heterocycles. The minimum atomic E-state index is 0. The van der Waals surface area contributed by atoms with E-state index < -0.39 is 0 Å². The Morgan fingerprint density at radius 2 is 1.70 bits per heavy atom. The maximum Gasteiger partial charge on any atom is 0.146 e. The SMILES string of the molecule is CCCCCCCCCCCc1ccc(/C=C2\N=C(c3ccc[nH]3)C=C2OC)[nH]1.Cl. The molecule has 5 heteroatoms. The summed E-state index contributed by atoms with van der Waals surface area (Å²) in [5.41, 5.74) is 5.13. The van der Waals surface area contributed by atoms with Crippen LogP contribution in [-0.2, 0) is 11.2 Å². The topological polar surface area (TPSA) is 53.2 Å². The minimum Gasteiger partial charge on any atom is -0.494 e. The maximum atomic E-state index is 5.51. The molecule has 0 unspecified atom stereocenters. The van der Waals surface area contributed by atoms with Gasteiger partial charge in [0.05, 0.1) is 18.5 Å². The van der Waals surface area contributed by atoms with E-state index in [9.17, 15) is 0 Å². The number of nitrogens with zero attached hydrogens (tertiary/aromatic N) is 1. The highest BCUT2D eigenvalue weighted by atomic mass is 35.5. The molecule has 2 N–H and O–H groups in total. The lowest BCUT2D eigenvalue weighted by molar-refractivity contribution is 0.303. The van der Waals surface area contributed by atoms with Crippen LogP contribution in [0.3, 0.4) is 0 Å². The largest absolute Gasteiger partial charge is 0.494 e. The molecule has 3 heterocycles. The normalized spacial score (nSPS) is 14.5. The van der Waals surface area contributed by atoms with Crippen LogP contribution in [0.5, 0.6) is 0 Å². The van der Waals surface area contributed by atoms with Crippen molar-refractivity contribution in [2.24, 2.45) is 4.99 Å². The van der Waals surface area contributed by atoms with Gasteiger partial charge in [-0.15, -0.1) is 12.4 Å². The molecular weight excluding hydrogens is 394 g/mol. The van der Waals surface area contributed by atoms with Gasteiger partial charge in [0, 0.05) is 23.7 Å². The third kappa shape index (κ3) is 7.24. The number of halogens is 1. The molecule has 0 atom stereocenters. The fourth-order valence-corrected chi connectivity index (χ4v) is 3.77. The smallest absolute Gasteiger partial charge is 0.146 e. The van der Waals surface area contributed by atoms with E-state index in [4.69, 9.17) is 9.73 Å². The Morgan fingerprint density at radius 3 is 2.37 bits per heavy atom. The average Bonchev–Trinajstić information content (AvgIpc) is 3.48. The van der Waals surface area contributed by atoms with Gasteiger partial charge in [0.2, 0.25) is 0 Å². The van der Waals surface area contributed by atoms with Gasteiger partial charge in [0.25, 0.3) is 0 Å². The van der Waals surface area contributed by atoms with E-state index in [-0.39, 0.29) is 12.4 Å². The summed E-state index contributed by atoms with van der Waals surface area (Å²) in [5, 5.41) is 0. The third-order valence-corrected chi connectivity index (χ3v) is 5.47. The average molecular weight is 430 g/mol. The highest BCUT2D eigenvalue weighted by molar-refractivity contribution is 6.11. The molecule has 0 saturated carbocycles. The summed E-state index contributed by atoms with van der Waals surface area (Å²) in [4.78, 5) is 11.4. The molecule has 0 amide bonds. The summed E-state index contributed by atoms with van der Waals surface area (Å²) in [7, 11) is 1.69. The zero-order chi connectivity index (χ0) is 20.3. The zero-order valence-electron chi connectivity index (χ0n) is 18.4. The van der Waals surface area contributed by atoms with Gasteiger partial charge in [-0.25, -0.2) is 4.99 Å². The van der Waals surface area contributed by atoms with E-state index >= 15 is 0 Å². The Balaban J connectivity index is 0.00000320. The number of hydrogen-bond donors (Lipinski definition) is 2. The molecule has 2 aromatic rings. The lowest BCUT2D eigenvalue weighted by Gasteiger charge is -2.02. The minimum absolute atomic E-state index is 0. The van der Waals surface area contributed by atoms with E-state index in [1.807, 2.05) is 24.4 Å². The Morgan fingerprint density at radius 1 is 0.967 bits per heavy atom. The molecular formula is C25H36ClN3O. The molecule has 30 heavy (non-hydrogen) atoms. The second-order valence-corrected chi connectivity index (χ2v) is 7.84. The van der Waals surface area contributed by atoms with Crippen LogP contribution in [0.25, 0.3) is 6.08 Å². The highest BCUT2D eigenvalue weighted by Gasteiger charge is 2.17. The Hall–Kier alpha value is -2.20. The van der Waals surface area contributed by atoms with E-state index in [0.717, 1.165) is 35.0 Å². The number of ether oxygens (including phenoxy) is 1. The van der Waals surface area contributed by atoms with Crippen LogP contribution in [-0.4, -0.2) is 22.8 Å². The number of hydrogen-bond acceptors (Lipinski definition) is 2. The first-order valence-electron chi connectivity index (χ1n) is 11.2. The van der Waals surface area contributed by atoms with Crippen molar-refractivity contribution >= 4 is 24.2 Å². The second kappa shape index (κ2) is 13.2. The first-order chi connectivity index (χ1) is 14.3. The fraction of sp³-hybridized carbons (Fsp3) is 0.480. The molecule has 0 saturated heterocycles. The number of aryl methyl sites for hydroxylation is 1. The van der Waals surface area contributed by atoms with Gasteiger partial charge in [-0.1, -0.05) is 58.3 Å². The second-order valence-electron chi connectivity index (χ2n) is 7.84. The number of aliphatic imine (C=N–C) groups is 1. The zero-order valence-corrected chi connectivity index (χ0v) is 19.2. The molecule has 3 rings (SSSR count). The van der Waals surface area contributed by atoms with Crippen LogP contribution in [0.1, 0.15) is 81.8 Å². The van der Waals surface area contributed by atoms with Crippen molar-refractivity contribution in [1.29, 1.82) is 0 Å². The van der Waals surface area contributed by atoms with E-state index in [0.29, 0.717) is 0 Å². The fourth-order valence-electron chi connectivity index (χ4n) is 3.77. The monoisotopic (exact) mass is 429 g/mol. The van der Waals surface area contributed by atoms with Gasteiger partial charge in [-0.3, -0.25) is 0 Å². The summed E-state index contributed by atoms with van der Waals surface area (Å²) in [6.45, 7) is 2.28. The van der Waals surface area contributed by atoms with Crippen LogP contribution >= 0.6 is 12.4 Å². The summed E-state index contributed by atoms with van der Waals surface area (Å²) < 4.78 is 5.51. The quantitative estimate of drug-likeness (QED) is 0.324. The summed E-state index contributed by atoms with van der Waals surface area (Å²) >= 11 is 0. The summed E-state index contributed by atoms with van der Waals surface area (Å²) in [6, 6.07) is 8.32. The van der Waals surface area contributed by atoms with Crippen molar-refractivity contribution < 1.29 is 4.74 Å². The predicted octanol–water partition coefficient (Wildman–Crippen LogP) is 7.21. The van der Waals surface area contributed by atoms with Crippen LogP contribution in [0.2, 0.25) is 0 Å². The van der Waals surface area contributed by atoms with Crippen molar-refractivity contribution in [2.45, 2.75) is 71.1 Å². The Kier molecular flexibility index (Phi) is 10.6. The van der Waals surface area contributed by atoms with Crippen LogP contribution in [0.15, 0.2) is 53.0 Å². The number of aromatic amines is 2. The molecule has 0 radical (unpaired) electrons. The van der Waals surface area contributed by atoms with E-state index in [1.165, 1.54) is 63.5 Å². The summed E-state index contributed by atoms with van der Waals surface area (Å²) in [6.07, 6.45) is 19.3. The molecule has 0 fully saturated rings. The van der Waals surface area contributed by atoms with Gasteiger partial charge in [-0.05, 0) is 43.2 Å². The first kappa shape index (κ1) is 24.1. The van der Waals surface area contributed by atoms with Gasteiger partial charge < -0.3 is 14.7 Å². The lowest BCUT2D eigenvalue weighted by Crippen LogP contribution is -1.93. The standard InChI is InChI=1S/C25H35N3O.ClH/c1-3-4-5-6-7-8-9-10-11-13-20-15-16-21(27-20)18-24-25(29-2)19-23(28-24)22-14-12-17-26-22;/h12,14-19,26-27H,3-11,13H2,1-2H3;1H/b24-18-;. The van der Waals surface area contributed by atoms with Crippen molar-refractivity contribution in [2.75, 3.05) is 7.11 Å². The molecule has 0 bridgehead atoms. The number of aromatic nitrogens is 2. The van der Waals surface area contributed by atoms with Gasteiger partial charge in [0.1, 0.15) is 11.5 Å². The van der Waals surface area contributed by atoms with Gasteiger partial charge in [0.15, 0.2) is 0 Å². The first-order valence-corrected chi connectivity index (χ1v) is 11.2. The van der Waals surface area contributed by atoms with Crippen molar-refractivity contribution in [3.05, 3.63) is 65.1 Å². The van der Waals surface area contributed by atoms with Crippen molar-refractivity contribution in [1.82, 2.24) is 9.97 Å². The number of H-pyrrole nitrogens is 2. The molecule has 0 aliphatic carbocycles. The molecule has 4 nitrogen and oxygen atoms in total. The van der Waals surface area contributed by atoms with Crippen LogP contribution in [0, 0.1) is 0 Å². The van der Waals surface area contributed by atoms with Crippen molar-refractivity contribution in [3.63, 3.8) is 0 Å². The van der Waals surface area contributed by atoms with Gasteiger partial charge in [-0.2, -0.15) is 0 Å². The van der Waals surface area contributed by atoms with E-state index in [2.05, 4.69) is 35.1 Å². The number of unbranched alkanes of at least 4 members (excludes halogenated alkanes) is 8. The Labute approximate surface area is 187 Å². The molecule has 0 spiro atoms. The van der Waals surface area contributed by atoms with Gasteiger partial charge >= 0.3 is 0 Å². The molecule has 2 aromatic heterocycles. The predicted molar refractivity (Wildman–Crippen MR) is 129 cm³/mol. The number of rotatable bonds is 13. The third-order valence-electron chi connectivity index (χ3n) is 5.47. The molecule has 164 valence electrons. The number of nitrogens with one attached hydrogen (secondary N) is 2. The Bertz CT molecular complexity index is 830. The number of methoxy groups -OCH3 is 1. The number of allylic oxidation sites excluding steroid dienone is 1. The van der Waals surface area contributed by atoms with Crippen LogP contribution in [0.4, 0.5) is 0 Å². The molecule has 0 aromatic carbocycles. The van der Waals surface area contributed by atoms with Crippen molar-refractivity contribution in [3.8, 4) is 0 Å². The maximum absolute atomic E-state index is 5.51.